The van der Waals surface area contributed by atoms with E-state index in [0.717, 1.165) is 44.2 Å². The number of benzene rings is 1. The molecule has 3 heterocycles. The summed E-state index contributed by atoms with van der Waals surface area (Å²) in [4.78, 5) is 25.0. The minimum Gasteiger partial charge on any atom is -0.302 e. The minimum atomic E-state index is -3.75. The molecule has 1 saturated heterocycles. The van der Waals surface area contributed by atoms with E-state index in [9.17, 15) is 21.6 Å². The first-order valence-corrected chi connectivity index (χ1v) is 19.8. The first kappa shape index (κ1) is 36.8. The summed E-state index contributed by atoms with van der Waals surface area (Å²) in [5.41, 5.74) is 1.61. The number of piperazine rings is 1. The molecule has 0 spiro atoms. The second kappa shape index (κ2) is 16.8. The van der Waals surface area contributed by atoms with Gasteiger partial charge in [0.15, 0.2) is 9.84 Å². The standard InChI is InChI=1S/C34H45N5O5S3/c1-5-32(29-11-10-16-35-24-29)47(43,44)39-21-20-38(30(25-39)26-40)19-9-8-18-37(7-3)27(4)23-28-12-14-31(15-13-28)46(41,42)33(6-2)34-36-17-22-45-34/h5-6,10-17,22,24,26-27,30,32-33H,1-2,7-9,18-21,23,25H2,3-4H3. The molecular formula is C34H45N5O5S3. The van der Waals surface area contributed by atoms with Crippen LogP contribution in [0.2, 0.25) is 0 Å². The van der Waals surface area contributed by atoms with Gasteiger partial charge in [-0.25, -0.2) is 21.8 Å². The zero-order valence-electron chi connectivity index (χ0n) is 27.1. The van der Waals surface area contributed by atoms with E-state index in [1.54, 1.807) is 42.0 Å². The van der Waals surface area contributed by atoms with Crippen LogP contribution in [0, 0.1) is 0 Å². The molecule has 1 fully saturated rings. The topological polar surface area (TPSA) is 121 Å². The number of sulfone groups is 1. The fourth-order valence-corrected chi connectivity index (χ4v) is 10.4. The van der Waals surface area contributed by atoms with Crippen molar-refractivity contribution in [2.45, 2.75) is 60.6 Å². The van der Waals surface area contributed by atoms with Gasteiger partial charge in [-0.05, 0) is 75.1 Å². The summed E-state index contributed by atoms with van der Waals surface area (Å²) in [5, 5.41) is 0.477. The monoisotopic (exact) mass is 699 g/mol. The summed E-state index contributed by atoms with van der Waals surface area (Å²) in [6, 6.07) is 10.3. The summed E-state index contributed by atoms with van der Waals surface area (Å²) in [6.07, 6.45) is 11.0. The minimum absolute atomic E-state index is 0.119. The summed E-state index contributed by atoms with van der Waals surface area (Å²) in [7, 11) is -7.39. The number of hydrogen-bond acceptors (Lipinski definition) is 10. The van der Waals surface area contributed by atoms with Crippen molar-refractivity contribution in [3.8, 4) is 0 Å². The van der Waals surface area contributed by atoms with Crippen LogP contribution < -0.4 is 0 Å². The van der Waals surface area contributed by atoms with Crippen LogP contribution in [0.4, 0.5) is 0 Å². The number of likely N-dealkylation sites (N-methyl/N-ethyl adjacent to an activating group) is 1. The van der Waals surface area contributed by atoms with Crippen LogP contribution in [0.3, 0.4) is 0 Å². The zero-order chi connectivity index (χ0) is 34.0. The molecular weight excluding hydrogens is 655 g/mol. The van der Waals surface area contributed by atoms with Crippen LogP contribution in [-0.2, 0) is 31.1 Å². The Morgan fingerprint density at radius 3 is 2.38 bits per heavy atom. The van der Waals surface area contributed by atoms with Crippen molar-refractivity contribution >= 4 is 37.5 Å². The zero-order valence-corrected chi connectivity index (χ0v) is 29.5. The second-order valence-electron chi connectivity index (χ2n) is 11.7. The Morgan fingerprint density at radius 2 is 1.79 bits per heavy atom. The van der Waals surface area contributed by atoms with Crippen LogP contribution in [0.5, 0.6) is 0 Å². The first-order chi connectivity index (χ1) is 22.6. The molecule has 0 N–H and O–H groups in total. The van der Waals surface area contributed by atoms with Gasteiger partial charge in [-0.2, -0.15) is 4.31 Å². The van der Waals surface area contributed by atoms with Gasteiger partial charge in [0, 0.05) is 49.6 Å². The Morgan fingerprint density at radius 1 is 1.04 bits per heavy atom. The number of unbranched alkanes of at least 4 members (excludes halogenated alkanes) is 1. The summed E-state index contributed by atoms with van der Waals surface area (Å²) >= 11 is 1.30. The molecule has 254 valence electrons. The molecule has 10 nitrogen and oxygen atoms in total. The number of pyridine rings is 1. The van der Waals surface area contributed by atoms with Gasteiger partial charge in [0.2, 0.25) is 10.0 Å². The maximum Gasteiger partial charge on any atom is 0.224 e. The van der Waals surface area contributed by atoms with Gasteiger partial charge >= 0.3 is 0 Å². The van der Waals surface area contributed by atoms with Crippen LogP contribution in [-0.4, -0.2) is 98.5 Å². The van der Waals surface area contributed by atoms with Crippen LogP contribution >= 0.6 is 11.3 Å². The number of aldehydes is 1. The highest BCUT2D eigenvalue weighted by Gasteiger charge is 2.37. The third-order valence-corrected chi connectivity index (χ3v) is 13.9. The molecule has 0 bridgehead atoms. The lowest BCUT2D eigenvalue weighted by molar-refractivity contribution is -0.113. The van der Waals surface area contributed by atoms with Gasteiger partial charge in [-0.15, -0.1) is 24.5 Å². The normalized spacial score (nSPS) is 18.4. The van der Waals surface area contributed by atoms with Gasteiger partial charge in [0.05, 0.1) is 10.9 Å². The van der Waals surface area contributed by atoms with Crippen molar-refractivity contribution in [1.82, 2.24) is 24.1 Å². The number of rotatable bonds is 18. The van der Waals surface area contributed by atoms with Crippen LogP contribution in [0.15, 0.2) is 90.6 Å². The predicted octanol–water partition coefficient (Wildman–Crippen LogP) is 4.71. The van der Waals surface area contributed by atoms with Gasteiger partial charge < -0.3 is 9.69 Å². The Labute approximate surface area is 283 Å². The SMILES string of the molecule is C=CC(c1nccs1)S(=O)(=O)c1ccc(CC(C)N(CC)CCCCN2CCN(S(=O)(=O)C(C=C)c3cccnc3)CC2C=O)cc1. The number of hydrogen-bond donors (Lipinski definition) is 0. The Bertz CT molecular complexity index is 1670. The summed E-state index contributed by atoms with van der Waals surface area (Å²) in [5.74, 6) is 0. The van der Waals surface area contributed by atoms with E-state index >= 15 is 0 Å². The highest BCUT2D eigenvalue weighted by atomic mass is 32.2. The van der Waals surface area contributed by atoms with Crippen LogP contribution in [0.1, 0.15) is 53.3 Å². The molecule has 4 atom stereocenters. The Kier molecular flexibility index (Phi) is 13.2. The van der Waals surface area contributed by atoms with E-state index < -0.39 is 36.4 Å². The molecule has 47 heavy (non-hydrogen) atoms. The van der Waals surface area contributed by atoms with E-state index in [4.69, 9.17) is 0 Å². The fraction of sp³-hybridized carbons (Fsp3) is 0.441. The Balaban J connectivity index is 1.26. The third kappa shape index (κ3) is 8.89. The largest absolute Gasteiger partial charge is 0.302 e. The van der Waals surface area contributed by atoms with Gasteiger partial charge in [-0.1, -0.05) is 37.3 Å². The van der Waals surface area contributed by atoms with Crippen molar-refractivity contribution in [2.24, 2.45) is 0 Å². The van der Waals surface area contributed by atoms with Gasteiger partial charge in [0.1, 0.15) is 21.8 Å². The lowest BCUT2D eigenvalue weighted by Crippen LogP contribution is -2.56. The molecule has 1 aliphatic rings. The third-order valence-electron chi connectivity index (χ3n) is 8.76. The van der Waals surface area contributed by atoms with Crippen molar-refractivity contribution in [3.05, 3.63) is 102 Å². The molecule has 4 unspecified atom stereocenters. The average Bonchev–Trinajstić information content (AvgIpc) is 3.60. The van der Waals surface area contributed by atoms with Crippen molar-refractivity contribution in [3.63, 3.8) is 0 Å². The summed E-state index contributed by atoms with van der Waals surface area (Å²) < 4.78 is 54.8. The lowest BCUT2D eigenvalue weighted by atomic mass is 10.1. The molecule has 0 amide bonds. The number of carbonyl (C=O) groups is 1. The quantitative estimate of drug-likeness (QED) is 0.106. The highest BCUT2D eigenvalue weighted by Crippen LogP contribution is 2.31. The molecule has 0 saturated carbocycles. The van der Waals surface area contributed by atoms with Crippen molar-refractivity contribution in [1.29, 1.82) is 0 Å². The van der Waals surface area contributed by atoms with Gasteiger partial charge in [-0.3, -0.25) is 9.88 Å². The molecule has 1 aliphatic heterocycles. The van der Waals surface area contributed by atoms with E-state index in [-0.39, 0.29) is 17.5 Å². The predicted molar refractivity (Wildman–Crippen MR) is 187 cm³/mol. The highest BCUT2D eigenvalue weighted by molar-refractivity contribution is 7.92. The first-order valence-electron chi connectivity index (χ1n) is 15.9. The number of thiazole rings is 1. The van der Waals surface area contributed by atoms with Crippen LogP contribution in [0.25, 0.3) is 0 Å². The Hall–Kier alpha value is -3.07. The van der Waals surface area contributed by atoms with E-state index in [2.05, 4.69) is 46.8 Å². The molecule has 1 aromatic carbocycles. The summed E-state index contributed by atoms with van der Waals surface area (Å²) in [6.45, 7) is 15.1. The smallest absolute Gasteiger partial charge is 0.224 e. The van der Waals surface area contributed by atoms with Crippen molar-refractivity contribution in [2.75, 3.05) is 39.3 Å². The molecule has 3 aromatic rings. The number of sulfonamides is 1. The number of aromatic nitrogens is 2. The molecule has 0 radical (unpaired) electrons. The lowest BCUT2D eigenvalue weighted by Gasteiger charge is -2.39. The average molecular weight is 700 g/mol. The second-order valence-corrected chi connectivity index (χ2v) is 16.7. The van der Waals surface area contributed by atoms with Gasteiger partial charge in [0.25, 0.3) is 0 Å². The fourth-order valence-electron chi connectivity index (χ4n) is 6.08. The maximum atomic E-state index is 13.4. The van der Waals surface area contributed by atoms with E-state index in [1.165, 1.54) is 34.0 Å². The van der Waals surface area contributed by atoms with E-state index in [1.807, 2.05) is 12.1 Å². The number of nitrogens with zero attached hydrogens (tertiary/aromatic N) is 5. The van der Waals surface area contributed by atoms with Crippen molar-refractivity contribution < 1.29 is 21.6 Å². The molecule has 13 heteroatoms. The maximum absolute atomic E-state index is 13.4. The molecule has 0 aliphatic carbocycles. The molecule has 2 aromatic heterocycles. The van der Waals surface area contributed by atoms with E-state index in [0.29, 0.717) is 30.2 Å². The number of carbonyl (C=O) groups excluding carboxylic acids is 1. The molecule has 4 rings (SSSR count).